The Kier molecular flexibility index (Phi) is 5.14. The summed E-state index contributed by atoms with van der Waals surface area (Å²) in [4.78, 5) is 27.2. The van der Waals surface area contributed by atoms with Crippen molar-refractivity contribution in [2.24, 2.45) is 0 Å². The van der Waals surface area contributed by atoms with E-state index in [1.807, 2.05) is 36.4 Å². The number of nitrogens with one attached hydrogen (secondary N) is 2. The molecule has 2 amide bonds. The molecule has 0 aliphatic carbocycles. The fourth-order valence-electron chi connectivity index (χ4n) is 4.36. The van der Waals surface area contributed by atoms with Crippen molar-refractivity contribution in [1.82, 2.24) is 25.0 Å². The summed E-state index contributed by atoms with van der Waals surface area (Å²) in [6, 6.07) is 20.6. The number of carbonyl (C=O) groups is 1. The number of aromatic nitrogens is 4. The molecule has 5 aromatic rings. The summed E-state index contributed by atoms with van der Waals surface area (Å²) >= 11 is 0. The van der Waals surface area contributed by atoms with Gasteiger partial charge in [0.2, 0.25) is 11.7 Å². The van der Waals surface area contributed by atoms with Gasteiger partial charge in [-0.3, -0.25) is 0 Å². The van der Waals surface area contributed by atoms with Crippen LogP contribution in [0.15, 0.2) is 77.6 Å². The molecule has 0 fully saturated rings. The highest BCUT2D eigenvalue weighted by atomic mass is 16.5. The highest BCUT2D eigenvalue weighted by Gasteiger charge is 2.36. The minimum Gasteiger partial charge on any atom is -0.497 e. The van der Waals surface area contributed by atoms with Crippen LogP contribution >= 0.6 is 0 Å². The quantitative estimate of drug-likeness (QED) is 0.388. The van der Waals surface area contributed by atoms with Gasteiger partial charge in [-0.25, -0.2) is 9.78 Å². The van der Waals surface area contributed by atoms with Gasteiger partial charge < -0.3 is 24.5 Å². The van der Waals surface area contributed by atoms with Crippen LogP contribution in [-0.4, -0.2) is 38.1 Å². The summed E-state index contributed by atoms with van der Waals surface area (Å²) < 4.78 is 10.9. The first-order valence-electron chi connectivity index (χ1n) is 11.2. The second kappa shape index (κ2) is 8.60. The van der Waals surface area contributed by atoms with Crippen molar-refractivity contribution in [2.45, 2.75) is 19.0 Å². The zero-order valence-corrected chi connectivity index (χ0v) is 18.9. The van der Waals surface area contributed by atoms with E-state index in [1.54, 1.807) is 42.6 Å². The predicted octanol–water partition coefficient (Wildman–Crippen LogP) is 4.95. The van der Waals surface area contributed by atoms with E-state index < -0.39 is 6.04 Å². The summed E-state index contributed by atoms with van der Waals surface area (Å²) in [5.41, 5.74) is 3.28. The van der Waals surface area contributed by atoms with Gasteiger partial charge >= 0.3 is 6.03 Å². The van der Waals surface area contributed by atoms with Crippen molar-refractivity contribution in [2.75, 3.05) is 12.4 Å². The van der Waals surface area contributed by atoms with Crippen LogP contribution in [0.5, 0.6) is 5.75 Å². The average molecular weight is 467 g/mol. The number of methoxy groups -OCH3 is 1. The molecule has 1 aliphatic heterocycles. The van der Waals surface area contributed by atoms with Crippen LogP contribution in [0.2, 0.25) is 0 Å². The van der Waals surface area contributed by atoms with E-state index in [0.29, 0.717) is 36.1 Å². The average Bonchev–Trinajstić information content (AvgIpc) is 3.57. The van der Waals surface area contributed by atoms with Gasteiger partial charge in [-0.05, 0) is 41.1 Å². The number of H-pyrrole nitrogens is 1. The van der Waals surface area contributed by atoms with Gasteiger partial charge in [0.25, 0.3) is 0 Å². The van der Waals surface area contributed by atoms with E-state index in [1.165, 1.54) is 0 Å². The Hall–Kier alpha value is -4.66. The molecule has 0 unspecified atom stereocenters. The van der Waals surface area contributed by atoms with Crippen LogP contribution in [0, 0.1) is 0 Å². The number of hydrogen-bond acceptors (Lipinski definition) is 6. The number of amides is 2. The number of benzene rings is 3. The van der Waals surface area contributed by atoms with E-state index in [4.69, 9.17) is 9.26 Å². The molecule has 174 valence electrons. The smallest absolute Gasteiger partial charge is 0.322 e. The lowest BCUT2D eigenvalue weighted by molar-refractivity contribution is 0.155. The van der Waals surface area contributed by atoms with E-state index in [0.717, 1.165) is 27.7 Å². The molecule has 2 aromatic heterocycles. The van der Waals surface area contributed by atoms with Gasteiger partial charge in [-0.15, -0.1) is 0 Å². The van der Waals surface area contributed by atoms with Gasteiger partial charge in [-0.2, -0.15) is 4.98 Å². The number of imidazole rings is 1. The third-order valence-corrected chi connectivity index (χ3v) is 6.24. The molecule has 9 nitrogen and oxygen atoms in total. The van der Waals surface area contributed by atoms with Crippen LogP contribution in [0.4, 0.5) is 10.5 Å². The SMILES string of the molecule is COc1ccc(NC(=O)N2Cc3[nH]cnc3C[C@H]2c2nc(-c3ccc4ccccc4c3)no2)cc1. The van der Waals surface area contributed by atoms with Crippen molar-refractivity contribution >= 4 is 22.5 Å². The summed E-state index contributed by atoms with van der Waals surface area (Å²) in [7, 11) is 1.60. The fourth-order valence-corrected chi connectivity index (χ4v) is 4.36. The lowest BCUT2D eigenvalue weighted by Gasteiger charge is -2.32. The minimum atomic E-state index is -0.453. The molecule has 0 spiro atoms. The highest BCUT2D eigenvalue weighted by Crippen LogP contribution is 2.33. The molecule has 1 aliphatic rings. The van der Waals surface area contributed by atoms with Crippen LogP contribution in [-0.2, 0) is 13.0 Å². The second-order valence-corrected chi connectivity index (χ2v) is 8.35. The maximum atomic E-state index is 13.3. The van der Waals surface area contributed by atoms with Gasteiger partial charge in [0.05, 0.1) is 31.4 Å². The molecule has 6 rings (SSSR count). The highest BCUT2D eigenvalue weighted by molar-refractivity contribution is 5.90. The monoisotopic (exact) mass is 466 g/mol. The Morgan fingerprint density at radius 3 is 2.77 bits per heavy atom. The summed E-state index contributed by atoms with van der Waals surface area (Å²) in [5.74, 6) is 1.56. The van der Waals surface area contributed by atoms with Crippen molar-refractivity contribution in [1.29, 1.82) is 0 Å². The number of aromatic amines is 1. The second-order valence-electron chi connectivity index (χ2n) is 8.35. The van der Waals surface area contributed by atoms with E-state index in [9.17, 15) is 4.79 Å². The molecule has 9 heteroatoms. The number of rotatable bonds is 4. The first kappa shape index (κ1) is 20.9. The third kappa shape index (κ3) is 3.97. The maximum absolute atomic E-state index is 13.3. The van der Waals surface area contributed by atoms with Crippen molar-refractivity contribution in [3.8, 4) is 17.1 Å². The number of carbonyl (C=O) groups excluding carboxylic acids is 1. The molecular weight excluding hydrogens is 444 g/mol. The molecule has 3 heterocycles. The standard InChI is InChI=1S/C26H22N6O3/c1-34-20-10-8-19(9-11-20)29-26(33)32-14-22-21(27-15-28-22)13-23(32)25-30-24(31-35-25)18-7-6-16-4-2-3-5-17(16)12-18/h2-12,15,23H,13-14H2,1H3,(H,27,28)(H,29,33)/t23-/m0/s1. The summed E-state index contributed by atoms with van der Waals surface area (Å²) in [6.07, 6.45) is 2.11. The Morgan fingerprint density at radius 2 is 1.94 bits per heavy atom. The van der Waals surface area contributed by atoms with E-state index >= 15 is 0 Å². The van der Waals surface area contributed by atoms with E-state index in [2.05, 4.69) is 31.5 Å². The van der Waals surface area contributed by atoms with Crippen molar-refractivity contribution in [3.05, 3.63) is 90.3 Å². The molecule has 0 bridgehead atoms. The molecule has 0 saturated carbocycles. The van der Waals surface area contributed by atoms with Gasteiger partial charge in [-0.1, -0.05) is 41.6 Å². The van der Waals surface area contributed by atoms with Crippen LogP contribution < -0.4 is 10.1 Å². The Morgan fingerprint density at radius 1 is 1.11 bits per heavy atom. The first-order chi connectivity index (χ1) is 17.2. The number of ether oxygens (including phenoxy) is 1. The molecule has 0 radical (unpaired) electrons. The lowest BCUT2D eigenvalue weighted by atomic mass is 10.0. The third-order valence-electron chi connectivity index (χ3n) is 6.24. The fraction of sp³-hybridized carbons (Fsp3) is 0.154. The molecule has 1 atom stereocenters. The summed E-state index contributed by atoms with van der Waals surface area (Å²) in [6.45, 7) is 0.343. The predicted molar refractivity (Wildman–Crippen MR) is 130 cm³/mol. The zero-order valence-electron chi connectivity index (χ0n) is 18.9. The normalized spacial score (nSPS) is 15.1. The van der Waals surface area contributed by atoms with Crippen molar-refractivity contribution < 1.29 is 14.1 Å². The molecular formula is C26H22N6O3. The molecule has 2 N–H and O–H groups in total. The lowest BCUT2D eigenvalue weighted by Crippen LogP contribution is -2.41. The molecule has 35 heavy (non-hydrogen) atoms. The summed E-state index contributed by atoms with van der Waals surface area (Å²) in [5, 5.41) is 9.41. The molecule has 0 saturated heterocycles. The Labute approximate surface area is 200 Å². The Balaban J connectivity index is 1.30. The number of nitrogens with zero attached hydrogens (tertiary/aromatic N) is 4. The van der Waals surface area contributed by atoms with E-state index in [-0.39, 0.29) is 6.03 Å². The zero-order chi connectivity index (χ0) is 23.8. The topological polar surface area (TPSA) is 109 Å². The Bertz CT molecular complexity index is 1510. The van der Waals surface area contributed by atoms with Gasteiger partial charge in [0.15, 0.2) is 0 Å². The van der Waals surface area contributed by atoms with Crippen LogP contribution in [0.1, 0.15) is 23.3 Å². The largest absolute Gasteiger partial charge is 0.497 e. The van der Waals surface area contributed by atoms with Crippen molar-refractivity contribution in [3.63, 3.8) is 0 Å². The van der Waals surface area contributed by atoms with Gasteiger partial charge in [0.1, 0.15) is 11.8 Å². The number of fused-ring (bicyclic) bond motifs is 2. The number of anilines is 1. The number of hydrogen-bond donors (Lipinski definition) is 2. The van der Waals surface area contributed by atoms with Crippen LogP contribution in [0.25, 0.3) is 22.2 Å². The minimum absolute atomic E-state index is 0.272. The maximum Gasteiger partial charge on any atom is 0.322 e. The van der Waals surface area contributed by atoms with Crippen LogP contribution in [0.3, 0.4) is 0 Å². The number of urea groups is 1. The first-order valence-corrected chi connectivity index (χ1v) is 11.2. The molecule has 3 aromatic carbocycles. The van der Waals surface area contributed by atoms with Gasteiger partial charge in [0, 0.05) is 17.7 Å².